The summed E-state index contributed by atoms with van der Waals surface area (Å²) in [5.41, 5.74) is 2.95. The van der Waals surface area contributed by atoms with Crippen LogP contribution in [0.2, 0.25) is 0 Å². The number of hydrogen-bond acceptors (Lipinski definition) is 5. The van der Waals surface area contributed by atoms with Gasteiger partial charge in [-0.25, -0.2) is 0 Å². The quantitative estimate of drug-likeness (QED) is 0.666. The van der Waals surface area contributed by atoms with Gasteiger partial charge in [-0.05, 0) is 42.3 Å². The third-order valence-corrected chi connectivity index (χ3v) is 4.74. The van der Waals surface area contributed by atoms with Gasteiger partial charge in [0.2, 0.25) is 11.7 Å². The fourth-order valence-electron chi connectivity index (χ4n) is 3.15. The molecule has 0 saturated carbocycles. The number of nitrogens with one attached hydrogen (secondary N) is 2. The molecule has 28 heavy (non-hydrogen) atoms. The minimum absolute atomic E-state index is 0. The molecule has 0 radical (unpaired) electrons. The Bertz CT molecular complexity index is 891. The number of tetrazole rings is 1. The summed E-state index contributed by atoms with van der Waals surface area (Å²) in [4.78, 5) is 13.8. The molecule has 7 nitrogen and oxygen atoms in total. The Morgan fingerprint density at radius 1 is 1.14 bits per heavy atom. The van der Waals surface area contributed by atoms with Crippen molar-refractivity contribution in [1.82, 2.24) is 25.5 Å². The van der Waals surface area contributed by atoms with E-state index in [2.05, 4.69) is 26.0 Å². The molecule has 1 aliphatic rings. The van der Waals surface area contributed by atoms with Gasteiger partial charge >= 0.3 is 0 Å². The molecule has 0 aliphatic carbocycles. The van der Waals surface area contributed by atoms with Gasteiger partial charge in [0.25, 0.3) is 0 Å². The maximum atomic E-state index is 12.2. The van der Waals surface area contributed by atoms with Gasteiger partial charge in [0.05, 0.1) is 12.5 Å². The molecule has 1 aliphatic heterocycles. The minimum Gasteiger partial charge on any atom is -0.326 e. The van der Waals surface area contributed by atoms with Crippen LogP contribution in [0.15, 0.2) is 54.6 Å². The van der Waals surface area contributed by atoms with Gasteiger partial charge < -0.3 is 10.6 Å². The first-order chi connectivity index (χ1) is 13.3. The molecule has 2 N–H and O–H groups in total. The Kier molecular flexibility index (Phi) is 6.73. The second-order valence-corrected chi connectivity index (χ2v) is 6.70. The molecule has 1 unspecified atom stereocenters. The Labute approximate surface area is 169 Å². The average Bonchev–Trinajstić information content (AvgIpc) is 3.40. The number of halogens is 1. The van der Waals surface area contributed by atoms with Crippen molar-refractivity contribution in [1.29, 1.82) is 0 Å². The van der Waals surface area contributed by atoms with Gasteiger partial charge in [0.15, 0.2) is 0 Å². The zero-order valence-electron chi connectivity index (χ0n) is 15.4. The van der Waals surface area contributed by atoms with Gasteiger partial charge in [-0.3, -0.25) is 4.79 Å². The first kappa shape index (κ1) is 20.0. The number of carbonyl (C=O) groups is 1. The molecule has 0 spiro atoms. The SMILES string of the molecule is Cl.O=C(Nc1ccc(CCn2nnc(-c3ccccc3)n2)cc1)C1CCNC1. The summed E-state index contributed by atoms with van der Waals surface area (Å²) in [5, 5.41) is 18.9. The molecule has 2 heterocycles. The maximum absolute atomic E-state index is 12.2. The molecule has 0 bridgehead atoms. The van der Waals surface area contributed by atoms with Gasteiger partial charge in [-0.15, -0.1) is 22.6 Å². The van der Waals surface area contributed by atoms with E-state index < -0.39 is 0 Å². The van der Waals surface area contributed by atoms with E-state index in [4.69, 9.17) is 0 Å². The molecule has 1 saturated heterocycles. The van der Waals surface area contributed by atoms with E-state index in [1.165, 1.54) is 0 Å². The largest absolute Gasteiger partial charge is 0.326 e. The fraction of sp³-hybridized carbons (Fsp3) is 0.300. The second kappa shape index (κ2) is 9.43. The van der Waals surface area contributed by atoms with E-state index in [9.17, 15) is 4.79 Å². The monoisotopic (exact) mass is 398 g/mol. The van der Waals surface area contributed by atoms with Crippen LogP contribution >= 0.6 is 12.4 Å². The van der Waals surface area contributed by atoms with E-state index in [0.717, 1.165) is 42.7 Å². The van der Waals surface area contributed by atoms with Crippen molar-refractivity contribution in [2.75, 3.05) is 18.4 Å². The molecule has 1 aromatic heterocycles. The van der Waals surface area contributed by atoms with E-state index in [1.54, 1.807) is 4.80 Å². The van der Waals surface area contributed by atoms with Crippen molar-refractivity contribution in [2.24, 2.45) is 5.92 Å². The molecule has 146 valence electrons. The summed E-state index contributed by atoms with van der Waals surface area (Å²) in [5.74, 6) is 0.796. The Hall–Kier alpha value is -2.77. The van der Waals surface area contributed by atoms with E-state index >= 15 is 0 Å². The molecule has 8 heteroatoms. The molecule has 2 aromatic carbocycles. The lowest BCUT2D eigenvalue weighted by molar-refractivity contribution is -0.119. The van der Waals surface area contributed by atoms with Crippen molar-refractivity contribution in [3.63, 3.8) is 0 Å². The zero-order valence-corrected chi connectivity index (χ0v) is 16.2. The van der Waals surface area contributed by atoms with Crippen LogP contribution in [0.4, 0.5) is 5.69 Å². The topological polar surface area (TPSA) is 84.7 Å². The highest BCUT2D eigenvalue weighted by atomic mass is 35.5. The van der Waals surface area contributed by atoms with Crippen LogP contribution < -0.4 is 10.6 Å². The molecule has 1 fully saturated rings. The van der Waals surface area contributed by atoms with Crippen molar-refractivity contribution >= 4 is 24.0 Å². The number of anilines is 1. The van der Waals surface area contributed by atoms with Gasteiger partial charge in [-0.1, -0.05) is 42.5 Å². The van der Waals surface area contributed by atoms with E-state index in [1.807, 2.05) is 54.6 Å². The lowest BCUT2D eigenvalue weighted by Crippen LogP contribution is -2.24. The van der Waals surface area contributed by atoms with Gasteiger partial charge in [-0.2, -0.15) is 4.80 Å². The van der Waals surface area contributed by atoms with Crippen LogP contribution in [-0.2, 0) is 17.8 Å². The Balaban J connectivity index is 0.00000225. The van der Waals surface area contributed by atoms with Crippen LogP contribution in [0, 0.1) is 5.92 Å². The highest BCUT2D eigenvalue weighted by Gasteiger charge is 2.22. The first-order valence-corrected chi connectivity index (χ1v) is 9.22. The predicted molar refractivity (Wildman–Crippen MR) is 110 cm³/mol. The van der Waals surface area contributed by atoms with Gasteiger partial charge in [0, 0.05) is 17.8 Å². The Morgan fingerprint density at radius 3 is 2.64 bits per heavy atom. The van der Waals surface area contributed by atoms with E-state index in [-0.39, 0.29) is 24.2 Å². The highest BCUT2D eigenvalue weighted by Crippen LogP contribution is 2.15. The fourth-order valence-corrected chi connectivity index (χ4v) is 3.15. The molecular weight excluding hydrogens is 376 g/mol. The second-order valence-electron chi connectivity index (χ2n) is 6.70. The van der Waals surface area contributed by atoms with E-state index in [0.29, 0.717) is 12.4 Å². The summed E-state index contributed by atoms with van der Waals surface area (Å²) in [6.45, 7) is 2.33. The number of benzene rings is 2. The molecule has 3 aromatic rings. The lowest BCUT2D eigenvalue weighted by Gasteiger charge is -2.10. The molecular formula is C20H23ClN6O. The van der Waals surface area contributed by atoms with Crippen LogP contribution in [0.1, 0.15) is 12.0 Å². The zero-order chi connectivity index (χ0) is 18.5. The summed E-state index contributed by atoms with van der Waals surface area (Å²) in [6.07, 6.45) is 1.70. The normalized spacial score (nSPS) is 15.8. The summed E-state index contributed by atoms with van der Waals surface area (Å²) in [6, 6.07) is 17.8. The average molecular weight is 399 g/mol. The van der Waals surface area contributed by atoms with Crippen molar-refractivity contribution in [3.8, 4) is 11.4 Å². The standard InChI is InChI=1S/C20H22N6O.ClH/c27-20(17-10-12-21-14-17)22-18-8-6-15(7-9-18)11-13-26-24-19(23-25-26)16-4-2-1-3-5-16;/h1-9,17,21H,10-14H2,(H,22,27);1H. The number of rotatable bonds is 6. The Morgan fingerprint density at radius 2 is 1.93 bits per heavy atom. The predicted octanol–water partition coefficient (Wildman–Crippen LogP) is 2.55. The number of aromatic nitrogens is 4. The van der Waals surface area contributed by atoms with Crippen molar-refractivity contribution < 1.29 is 4.79 Å². The maximum Gasteiger partial charge on any atom is 0.228 e. The number of hydrogen-bond donors (Lipinski definition) is 2. The molecule has 1 atom stereocenters. The summed E-state index contributed by atoms with van der Waals surface area (Å²) < 4.78 is 0. The number of nitrogens with zero attached hydrogens (tertiary/aromatic N) is 4. The smallest absolute Gasteiger partial charge is 0.228 e. The first-order valence-electron chi connectivity index (χ1n) is 9.22. The molecule has 1 amide bonds. The van der Waals surface area contributed by atoms with Gasteiger partial charge in [0.1, 0.15) is 0 Å². The third kappa shape index (κ3) is 4.94. The van der Waals surface area contributed by atoms with Crippen LogP contribution in [0.25, 0.3) is 11.4 Å². The van der Waals surface area contributed by atoms with Crippen LogP contribution in [0.3, 0.4) is 0 Å². The van der Waals surface area contributed by atoms with Crippen LogP contribution in [0.5, 0.6) is 0 Å². The minimum atomic E-state index is 0. The van der Waals surface area contributed by atoms with Crippen molar-refractivity contribution in [2.45, 2.75) is 19.4 Å². The summed E-state index contributed by atoms with van der Waals surface area (Å²) >= 11 is 0. The molecule has 4 rings (SSSR count). The van der Waals surface area contributed by atoms with Crippen molar-refractivity contribution in [3.05, 3.63) is 60.2 Å². The highest BCUT2D eigenvalue weighted by molar-refractivity contribution is 5.92. The number of aryl methyl sites for hydroxylation is 2. The van der Waals surface area contributed by atoms with Crippen LogP contribution in [-0.4, -0.2) is 39.2 Å². The third-order valence-electron chi connectivity index (χ3n) is 4.74. The lowest BCUT2D eigenvalue weighted by atomic mass is 10.1. The number of carbonyl (C=O) groups excluding carboxylic acids is 1. The summed E-state index contributed by atoms with van der Waals surface area (Å²) in [7, 11) is 0. The number of amides is 1.